The lowest BCUT2D eigenvalue weighted by Gasteiger charge is -2.06. The standard InChI is InChI=1S/C13H11Cl2NOS/c14-10-3-1-9(2-4-10)8-18(17)13-7-11(15)5-6-12(13)16/h1-7H,8,16H2. The van der Waals surface area contributed by atoms with Gasteiger partial charge in [-0.1, -0.05) is 35.3 Å². The first-order valence-corrected chi connectivity index (χ1v) is 7.31. The van der Waals surface area contributed by atoms with E-state index in [0.717, 1.165) is 5.56 Å². The molecule has 1 unspecified atom stereocenters. The van der Waals surface area contributed by atoms with Crippen molar-refractivity contribution in [1.29, 1.82) is 0 Å². The fraction of sp³-hybridized carbons (Fsp3) is 0.0769. The van der Waals surface area contributed by atoms with Crippen LogP contribution in [0.5, 0.6) is 0 Å². The van der Waals surface area contributed by atoms with E-state index >= 15 is 0 Å². The van der Waals surface area contributed by atoms with Crippen molar-refractivity contribution in [2.75, 3.05) is 5.73 Å². The van der Waals surface area contributed by atoms with Crippen LogP contribution in [-0.4, -0.2) is 4.21 Å². The Morgan fingerprint density at radius 3 is 2.28 bits per heavy atom. The number of anilines is 1. The molecular formula is C13H11Cl2NOS. The minimum Gasteiger partial charge on any atom is -0.398 e. The zero-order valence-electron chi connectivity index (χ0n) is 9.40. The predicted molar refractivity (Wildman–Crippen MR) is 77.4 cm³/mol. The molecule has 94 valence electrons. The maximum Gasteiger partial charge on any atom is 0.0635 e. The van der Waals surface area contributed by atoms with Gasteiger partial charge < -0.3 is 5.73 Å². The minimum absolute atomic E-state index is 0.391. The zero-order chi connectivity index (χ0) is 13.1. The third-order valence-electron chi connectivity index (χ3n) is 2.43. The van der Waals surface area contributed by atoms with Crippen LogP contribution in [0.15, 0.2) is 47.4 Å². The van der Waals surface area contributed by atoms with Crippen LogP contribution in [-0.2, 0) is 16.6 Å². The van der Waals surface area contributed by atoms with E-state index in [4.69, 9.17) is 28.9 Å². The van der Waals surface area contributed by atoms with Crippen LogP contribution in [0.1, 0.15) is 5.56 Å². The van der Waals surface area contributed by atoms with Crippen molar-refractivity contribution in [3.63, 3.8) is 0 Å². The molecule has 0 saturated heterocycles. The fourth-order valence-corrected chi connectivity index (χ4v) is 3.12. The van der Waals surface area contributed by atoms with E-state index in [2.05, 4.69) is 0 Å². The molecular weight excluding hydrogens is 289 g/mol. The van der Waals surface area contributed by atoms with Crippen molar-refractivity contribution in [2.45, 2.75) is 10.6 Å². The largest absolute Gasteiger partial charge is 0.398 e. The van der Waals surface area contributed by atoms with Crippen LogP contribution in [0.2, 0.25) is 10.0 Å². The highest BCUT2D eigenvalue weighted by molar-refractivity contribution is 7.84. The van der Waals surface area contributed by atoms with E-state index < -0.39 is 10.8 Å². The third kappa shape index (κ3) is 3.25. The molecule has 0 aromatic heterocycles. The summed E-state index contributed by atoms with van der Waals surface area (Å²) in [6.07, 6.45) is 0. The summed E-state index contributed by atoms with van der Waals surface area (Å²) in [5.41, 5.74) is 7.23. The van der Waals surface area contributed by atoms with Gasteiger partial charge in [-0.15, -0.1) is 0 Å². The highest BCUT2D eigenvalue weighted by Crippen LogP contribution is 2.23. The summed E-state index contributed by atoms with van der Waals surface area (Å²) in [5.74, 6) is 0.391. The van der Waals surface area contributed by atoms with Gasteiger partial charge in [0.25, 0.3) is 0 Å². The number of nitrogen functional groups attached to an aromatic ring is 1. The van der Waals surface area contributed by atoms with E-state index in [1.807, 2.05) is 12.1 Å². The Morgan fingerprint density at radius 1 is 1.00 bits per heavy atom. The maximum absolute atomic E-state index is 12.2. The number of nitrogens with two attached hydrogens (primary N) is 1. The van der Waals surface area contributed by atoms with Gasteiger partial charge in [-0.3, -0.25) is 4.21 Å². The molecule has 0 fully saturated rings. The van der Waals surface area contributed by atoms with Gasteiger partial charge in [-0.25, -0.2) is 0 Å². The van der Waals surface area contributed by atoms with Crippen molar-refractivity contribution in [2.24, 2.45) is 0 Å². The van der Waals surface area contributed by atoms with Gasteiger partial charge in [0.15, 0.2) is 0 Å². The molecule has 0 aliphatic heterocycles. The summed E-state index contributed by atoms with van der Waals surface area (Å²) < 4.78 is 12.2. The van der Waals surface area contributed by atoms with Crippen molar-refractivity contribution in [3.8, 4) is 0 Å². The second-order valence-electron chi connectivity index (χ2n) is 3.80. The number of hydrogen-bond acceptors (Lipinski definition) is 2. The summed E-state index contributed by atoms with van der Waals surface area (Å²) >= 11 is 11.7. The van der Waals surface area contributed by atoms with E-state index in [1.165, 1.54) is 0 Å². The SMILES string of the molecule is Nc1ccc(Cl)cc1S(=O)Cc1ccc(Cl)cc1. The highest BCUT2D eigenvalue weighted by Gasteiger charge is 2.09. The van der Waals surface area contributed by atoms with E-state index in [0.29, 0.717) is 26.4 Å². The Morgan fingerprint density at radius 2 is 1.61 bits per heavy atom. The molecule has 18 heavy (non-hydrogen) atoms. The topological polar surface area (TPSA) is 43.1 Å². The van der Waals surface area contributed by atoms with Gasteiger partial charge in [0.05, 0.1) is 21.4 Å². The fourth-order valence-electron chi connectivity index (χ4n) is 1.52. The van der Waals surface area contributed by atoms with Crippen LogP contribution >= 0.6 is 23.2 Å². The summed E-state index contributed by atoms with van der Waals surface area (Å²) in [7, 11) is -1.22. The lowest BCUT2D eigenvalue weighted by atomic mass is 10.2. The quantitative estimate of drug-likeness (QED) is 0.874. The van der Waals surface area contributed by atoms with Crippen molar-refractivity contribution >= 4 is 39.7 Å². The molecule has 0 radical (unpaired) electrons. The molecule has 2 nitrogen and oxygen atoms in total. The lowest BCUT2D eigenvalue weighted by Crippen LogP contribution is -2.00. The molecule has 2 aromatic rings. The average Bonchev–Trinajstić information content (AvgIpc) is 2.35. The zero-order valence-corrected chi connectivity index (χ0v) is 11.7. The first-order chi connectivity index (χ1) is 8.56. The van der Waals surface area contributed by atoms with Gasteiger partial charge >= 0.3 is 0 Å². The second kappa shape index (κ2) is 5.74. The predicted octanol–water partition coefficient (Wildman–Crippen LogP) is 3.88. The number of halogens is 2. The first kappa shape index (κ1) is 13.4. The molecule has 0 heterocycles. The van der Waals surface area contributed by atoms with Gasteiger partial charge in [0, 0.05) is 15.7 Å². The van der Waals surface area contributed by atoms with Crippen molar-refractivity contribution in [1.82, 2.24) is 0 Å². The Kier molecular flexibility index (Phi) is 4.27. The first-order valence-electron chi connectivity index (χ1n) is 5.24. The molecule has 0 bridgehead atoms. The molecule has 0 aliphatic rings. The van der Waals surface area contributed by atoms with E-state index in [1.54, 1.807) is 30.3 Å². The van der Waals surface area contributed by atoms with Crippen LogP contribution in [0, 0.1) is 0 Å². The van der Waals surface area contributed by atoms with Crippen molar-refractivity contribution in [3.05, 3.63) is 58.1 Å². The molecule has 2 N–H and O–H groups in total. The Bertz CT molecular complexity index is 584. The Balaban J connectivity index is 2.21. The van der Waals surface area contributed by atoms with Gasteiger partial charge in [-0.05, 0) is 35.9 Å². The summed E-state index contributed by atoms with van der Waals surface area (Å²) in [5, 5.41) is 1.19. The van der Waals surface area contributed by atoms with Crippen molar-refractivity contribution < 1.29 is 4.21 Å². The van der Waals surface area contributed by atoms with Crippen LogP contribution in [0.25, 0.3) is 0 Å². The van der Waals surface area contributed by atoms with Crippen LogP contribution in [0.3, 0.4) is 0 Å². The maximum atomic E-state index is 12.2. The number of benzene rings is 2. The smallest absolute Gasteiger partial charge is 0.0635 e. The summed E-state index contributed by atoms with van der Waals surface area (Å²) in [6, 6.07) is 12.2. The van der Waals surface area contributed by atoms with Gasteiger partial charge in [-0.2, -0.15) is 0 Å². The molecule has 2 rings (SSSR count). The van der Waals surface area contributed by atoms with Crippen LogP contribution < -0.4 is 5.73 Å². The molecule has 0 amide bonds. The monoisotopic (exact) mass is 299 g/mol. The Labute approximate surface area is 118 Å². The highest BCUT2D eigenvalue weighted by atomic mass is 35.5. The summed E-state index contributed by atoms with van der Waals surface area (Å²) in [6.45, 7) is 0. The van der Waals surface area contributed by atoms with E-state index in [9.17, 15) is 4.21 Å². The summed E-state index contributed by atoms with van der Waals surface area (Å²) in [4.78, 5) is 0.567. The van der Waals surface area contributed by atoms with Crippen LogP contribution in [0.4, 0.5) is 5.69 Å². The Hall–Kier alpha value is -1.03. The van der Waals surface area contributed by atoms with Gasteiger partial charge in [0.1, 0.15) is 0 Å². The average molecular weight is 300 g/mol. The molecule has 1 atom stereocenters. The third-order valence-corrected chi connectivity index (χ3v) is 4.36. The van der Waals surface area contributed by atoms with Gasteiger partial charge in [0.2, 0.25) is 0 Å². The lowest BCUT2D eigenvalue weighted by molar-refractivity contribution is 0.683. The van der Waals surface area contributed by atoms with E-state index in [-0.39, 0.29) is 0 Å². The number of hydrogen-bond donors (Lipinski definition) is 1. The molecule has 0 saturated carbocycles. The minimum atomic E-state index is -1.22. The molecule has 5 heteroatoms. The normalized spacial score (nSPS) is 12.3. The molecule has 0 aliphatic carbocycles. The second-order valence-corrected chi connectivity index (χ2v) is 6.09. The molecule has 2 aromatic carbocycles. The molecule has 0 spiro atoms. The number of rotatable bonds is 3.